The van der Waals surface area contributed by atoms with Crippen LogP contribution in [0.3, 0.4) is 0 Å². The van der Waals surface area contributed by atoms with E-state index in [2.05, 4.69) is 17.1 Å². The van der Waals surface area contributed by atoms with Crippen molar-refractivity contribution < 1.29 is 9.90 Å². The molecule has 4 nitrogen and oxygen atoms in total. The number of aliphatic carboxylic acids is 1. The molecule has 2 rings (SSSR count). The Morgan fingerprint density at radius 1 is 1.33 bits per heavy atom. The third-order valence-electron chi connectivity index (χ3n) is 4.77. The van der Waals surface area contributed by atoms with Gasteiger partial charge in [0.15, 0.2) is 0 Å². The molecule has 2 N–H and O–H groups in total. The van der Waals surface area contributed by atoms with Crippen LogP contribution >= 0.6 is 0 Å². The van der Waals surface area contributed by atoms with Crippen LogP contribution in [0, 0.1) is 5.92 Å². The third-order valence-corrected chi connectivity index (χ3v) is 4.77. The molecule has 0 heterocycles. The van der Waals surface area contributed by atoms with Crippen molar-refractivity contribution in [2.45, 2.75) is 64.1 Å². The molecule has 2 unspecified atom stereocenters. The molecule has 2 atom stereocenters. The fourth-order valence-electron chi connectivity index (χ4n) is 3.27. The van der Waals surface area contributed by atoms with Gasteiger partial charge in [-0.25, -0.2) is 0 Å². The van der Waals surface area contributed by atoms with E-state index in [0.717, 1.165) is 31.3 Å². The van der Waals surface area contributed by atoms with Crippen LogP contribution in [0.25, 0.3) is 0 Å². The van der Waals surface area contributed by atoms with Gasteiger partial charge < -0.3 is 10.4 Å². The maximum atomic E-state index is 10.8. The second-order valence-corrected chi connectivity index (χ2v) is 5.80. The molecule has 0 spiro atoms. The lowest BCUT2D eigenvalue weighted by atomic mass is 9.75. The highest BCUT2D eigenvalue weighted by molar-refractivity contribution is 5.69. The standard InChI is InChI=1S/C14H26N2O2/c1-3-10-5-6-13(10)15-11-7-12(8-11)16(4-2)9-14(17)18/h10-13,15H,3-9H2,1-2H3,(H,17,18). The number of carboxylic acids is 1. The van der Waals surface area contributed by atoms with Crippen LogP contribution in [0.1, 0.15) is 46.0 Å². The first-order chi connectivity index (χ1) is 8.63. The molecule has 104 valence electrons. The molecular weight excluding hydrogens is 228 g/mol. The SMILES string of the molecule is CCC1CCC1NC1CC(N(CC)CC(=O)O)C1. The molecule has 0 aliphatic heterocycles. The fraction of sp³-hybridized carbons (Fsp3) is 0.929. The minimum Gasteiger partial charge on any atom is -0.480 e. The van der Waals surface area contributed by atoms with Crippen LogP contribution in [0.4, 0.5) is 0 Å². The second kappa shape index (κ2) is 6.02. The highest BCUT2D eigenvalue weighted by Crippen LogP contribution is 2.33. The molecule has 0 aromatic rings. The van der Waals surface area contributed by atoms with Crippen LogP contribution in [0.15, 0.2) is 0 Å². The van der Waals surface area contributed by atoms with Gasteiger partial charge in [0.05, 0.1) is 6.54 Å². The van der Waals surface area contributed by atoms with E-state index in [-0.39, 0.29) is 6.54 Å². The molecule has 0 aromatic carbocycles. The normalized spacial score (nSPS) is 35.1. The number of nitrogens with one attached hydrogen (secondary N) is 1. The van der Waals surface area contributed by atoms with Crippen molar-refractivity contribution >= 4 is 5.97 Å². The lowest BCUT2D eigenvalue weighted by molar-refractivity contribution is -0.139. The predicted octanol–water partition coefficient (Wildman–Crippen LogP) is 1.70. The Labute approximate surface area is 110 Å². The monoisotopic (exact) mass is 254 g/mol. The summed E-state index contributed by atoms with van der Waals surface area (Å²) < 4.78 is 0. The van der Waals surface area contributed by atoms with Crippen molar-refractivity contribution in [1.29, 1.82) is 0 Å². The second-order valence-electron chi connectivity index (χ2n) is 5.80. The van der Waals surface area contributed by atoms with Crippen molar-refractivity contribution in [3.8, 4) is 0 Å². The Morgan fingerprint density at radius 3 is 2.50 bits per heavy atom. The summed E-state index contributed by atoms with van der Waals surface area (Å²) in [4.78, 5) is 12.8. The molecule has 0 amide bonds. The molecule has 2 aliphatic carbocycles. The first-order valence-corrected chi connectivity index (χ1v) is 7.35. The average molecular weight is 254 g/mol. The number of hydrogen-bond acceptors (Lipinski definition) is 3. The van der Waals surface area contributed by atoms with E-state index in [4.69, 9.17) is 5.11 Å². The Kier molecular flexibility index (Phi) is 4.62. The van der Waals surface area contributed by atoms with E-state index in [1.54, 1.807) is 0 Å². The third kappa shape index (κ3) is 3.04. The highest BCUT2D eigenvalue weighted by atomic mass is 16.4. The van der Waals surface area contributed by atoms with Crippen LogP contribution in [-0.4, -0.2) is 47.2 Å². The summed E-state index contributed by atoms with van der Waals surface area (Å²) in [6.07, 6.45) is 6.23. The van der Waals surface area contributed by atoms with Gasteiger partial charge in [-0.15, -0.1) is 0 Å². The zero-order valence-corrected chi connectivity index (χ0v) is 11.6. The summed E-state index contributed by atoms with van der Waals surface area (Å²) in [6, 6.07) is 1.83. The fourth-order valence-corrected chi connectivity index (χ4v) is 3.27. The lowest BCUT2D eigenvalue weighted by Gasteiger charge is -2.47. The molecular formula is C14H26N2O2. The van der Waals surface area contributed by atoms with Crippen LogP contribution in [0.2, 0.25) is 0 Å². The van der Waals surface area contributed by atoms with E-state index < -0.39 is 5.97 Å². The smallest absolute Gasteiger partial charge is 0.317 e. The molecule has 2 saturated carbocycles. The van der Waals surface area contributed by atoms with E-state index >= 15 is 0 Å². The van der Waals surface area contributed by atoms with Crippen LogP contribution < -0.4 is 5.32 Å². The number of likely N-dealkylation sites (N-methyl/N-ethyl adjacent to an activating group) is 1. The lowest BCUT2D eigenvalue weighted by Crippen LogP contribution is -2.58. The Morgan fingerprint density at radius 2 is 2.06 bits per heavy atom. The van der Waals surface area contributed by atoms with Gasteiger partial charge in [-0.1, -0.05) is 20.3 Å². The average Bonchev–Trinajstić information content (AvgIpc) is 2.23. The van der Waals surface area contributed by atoms with Crippen LogP contribution in [0.5, 0.6) is 0 Å². The van der Waals surface area contributed by atoms with E-state index in [1.807, 2.05) is 6.92 Å². The number of carbonyl (C=O) groups is 1. The summed E-state index contributed by atoms with van der Waals surface area (Å²) in [5.41, 5.74) is 0. The molecule has 0 aromatic heterocycles. The Balaban J connectivity index is 1.68. The van der Waals surface area contributed by atoms with Crippen molar-refractivity contribution in [3.63, 3.8) is 0 Å². The van der Waals surface area contributed by atoms with Crippen molar-refractivity contribution in [2.24, 2.45) is 5.92 Å². The van der Waals surface area contributed by atoms with E-state index in [1.165, 1.54) is 19.3 Å². The molecule has 0 bridgehead atoms. The molecule has 0 radical (unpaired) electrons. The van der Waals surface area contributed by atoms with Crippen molar-refractivity contribution in [3.05, 3.63) is 0 Å². The first-order valence-electron chi connectivity index (χ1n) is 7.35. The molecule has 2 fully saturated rings. The maximum absolute atomic E-state index is 10.8. The first kappa shape index (κ1) is 13.8. The summed E-state index contributed by atoms with van der Waals surface area (Å²) in [6.45, 7) is 5.34. The minimum atomic E-state index is -0.710. The molecule has 2 aliphatic rings. The highest BCUT2D eigenvalue weighted by Gasteiger charge is 2.38. The largest absolute Gasteiger partial charge is 0.480 e. The predicted molar refractivity (Wildman–Crippen MR) is 71.6 cm³/mol. The van der Waals surface area contributed by atoms with Gasteiger partial charge in [0.2, 0.25) is 0 Å². The van der Waals surface area contributed by atoms with Gasteiger partial charge in [-0.05, 0) is 38.1 Å². The topological polar surface area (TPSA) is 52.6 Å². The minimum absolute atomic E-state index is 0.189. The van der Waals surface area contributed by atoms with Gasteiger partial charge in [-0.2, -0.15) is 0 Å². The summed E-state index contributed by atoms with van der Waals surface area (Å²) in [5, 5.41) is 12.6. The molecule has 0 saturated heterocycles. The Hall–Kier alpha value is -0.610. The van der Waals surface area contributed by atoms with E-state index in [0.29, 0.717) is 12.1 Å². The summed E-state index contributed by atoms with van der Waals surface area (Å²) in [7, 11) is 0. The van der Waals surface area contributed by atoms with E-state index in [9.17, 15) is 4.79 Å². The van der Waals surface area contributed by atoms with Gasteiger partial charge in [-0.3, -0.25) is 9.69 Å². The zero-order chi connectivity index (χ0) is 13.1. The quantitative estimate of drug-likeness (QED) is 0.726. The van der Waals surface area contributed by atoms with Gasteiger partial charge in [0.25, 0.3) is 0 Å². The van der Waals surface area contributed by atoms with Gasteiger partial charge in [0, 0.05) is 18.1 Å². The number of hydrogen-bond donors (Lipinski definition) is 2. The van der Waals surface area contributed by atoms with Crippen molar-refractivity contribution in [2.75, 3.05) is 13.1 Å². The van der Waals surface area contributed by atoms with Crippen molar-refractivity contribution in [1.82, 2.24) is 10.2 Å². The van der Waals surface area contributed by atoms with Gasteiger partial charge in [0.1, 0.15) is 0 Å². The number of nitrogens with zero attached hydrogens (tertiary/aromatic N) is 1. The number of carboxylic acid groups (broad SMARTS) is 1. The number of rotatable bonds is 7. The van der Waals surface area contributed by atoms with Gasteiger partial charge >= 0.3 is 5.97 Å². The molecule has 18 heavy (non-hydrogen) atoms. The van der Waals surface area contributed by atoms with Crippen LogP contribution in [-0.2, 0) is 4.79 Å². The summed E-state index contributed by atoms with van der Waals surface area (Å²) in [5.74, 6) is 0.170. The Bertz CT molecular complexity index is 288. The zero-order valence-electron chi connectivity index (χ0n) is 11.6. The summed E-state index contributed by atoms with van der Waals surface area (Å²) >= 11 is 0. The maximum Gasteiger partial charge on any atom is 0.317 e. The molecule has 4 heteroatoms.